The van der Waals surface area contributed by atoms with E-state index in [2.05, 4.69) is 0 Å². The van der Waals surface area contributed by atoms with Crippen LogP contribution in [-0.4, -0.2) is 21.7 Å². The summed E-state index contributed by atoms with van der Waals surface area (Å²) in [5.74, 6) is -0.766. The summed E-state index contributed by atoms with van der Waals surface area (Å²) < 4.78 is 2.01. The maximum absolute atomic E-state index is 11.5. The number of hydrogen-bond acceptors (Lipinski definition) is 2. The molecule has 3 N–H and O–H groups in total. The molecule has 0 spiro atoms. The van der Waals surface area contributed by atoms with Gasteiger partial charge >= 0.3 is 5.97 Å². The highest BCUT2D eigenvalue weighted by Gasteiger charge is 2.50. The van der Waals surface area contributed by atoms with Crippen molar-refractivity contribution in [2.24, 2.45) is 12.8 Å². The fourth-order valence-electron chi connectivity index (χ4n) is 2.93. The van der Waals surface area contributed by atoms with E-state index in [4.69, 9.17) is 5.73 Å². The lowest BCUT2D eigenvalue weighted by molar-refractivity contribution is -0.148. The Balaban J connectivity index is 2.13. The van der Waals surface area contributed by atoms with Crippen molar-refractivity contribution < 1.29 is 9.90 Å². The zero-order chi connectivity index (χ0) is 12.9. The molecule has 0 saturated heterocycles. The summed E-state index contributed by atoms with van der Waals surface area (Å²) >= 11 is 0. The highest BCUT2D eigenvalue weighted by Crippen LogP contribution is 2.44. The number of carboxylic acid groups (broad SMARTS) is 1. The van der Waals surface area contributed by atoms with Crippen molar-refractivity contribution in [1.29, 1.82) is 0 Å². The molecule has 4 nitrogen and oxygen atoms in total. The number of carboxylic acids is 1. The topological polar surface area (TPSA) is 68.2 Å². The quantitative estimate of drug-likeness (QED) is 0.843. The number of aliphatic carboxylic acids is 1. The van der Waals surface area contributed by atoms with Gasteiger partial charge in [0.05, 0.1) is 5.41 Å². The smallest absolute Gasteiger partial charge is 0.314 e. The van der Waals surface area contributed by atoms with E-state index in [0.29, 0.717) is 12.8 Å². The summed E-state index contributed by atoms with van der Waals surface area (Å²) in [7, 11) is 1.96. The zero-order valence-corrected chi connectivity index (χ0v) is 10.3. The SMILES string of the molecule is Cn1ccc2ccc(C3(C(=O)O)CC(N)C3)cc21. The molecule has 0 amide bonds. The summed E-state index contributed by atoms with van der Waals surface area (Å²) in [5.41, 5.74) is 6.93. The first-order chi connectivity index (χ1) is 8.53. The third kappa shape index (κ3) is 1.39. The van der Waals surface area contributed by atoms with E-state index in [9.17, 15) is 9.90 Å². The van der Waals surface area contributed by atoms with E-state index in [0.717, 1.165) is 16.5 Å². The lowest BCUT2D eigenvalue weighted by atomic mass is 9.62. The first kappa shape index (κ1) is 11.3. The first-order valence-corrected chi connectivity index (χ1v) is 6.07. The van der Waals surface area contributed by atoms with Crippen LogP contribution in [0.2, 0.25) is 0 Å². The van der Waals surface area contributed by atoms with Crippen LogP contribution in [0, 0.1) is 0 Å². The number of rotatable bonds is 2. The van der Waals surface area contributed by atoms with Crippen molar-refractivity contribution in [3.05, 3.63) is 36.0 Å². The lowest BCUT2D eigenvalue weighted by Crippen LogP contribution is -2.54. The van der Waals surface area contributed by atoms with Gasteiger partial charge in [0.2, 0.25) is 0 Å². The molecule has 1 aromatic heterocycles. The van der Waals surface area contributed by atoms with Crippen LogP contribution >= 0.6 is 0 Å². The Morgan fingerprint density at radius 1 is 1.44 bits per heavy atom. The number of nitrogens with two attached hydrogens (primary N) is 1. The number of aromatic nitrogens is 1. The van der Waals surface area contributed by atoms with Crippen LogP contribution in [0.4, 0.5) is 0 Å². The van der Waals surface area contributed by atoms with Crippen LogP contribution in [-0.2, 0) is 17.3 Å². The van der Waals surface area contributed by atoms with Gasteiger partial charge in [0.1, 0.15) is 0 Å². The van der Waals surface area contributed by atoms with Crippen molar-refractivity contribution in [3.63, 3.8) is 0 Å². The molecule has 0 unspecified atom stereocenters. The maximum atomic E-state index is 11.5. The van der Waals surface area contributed by atoms with Crippen molar-refractivity contribution in [1.82, 2.24) is 4.57 Å². The normalized spacial score (nSPS) is 27.1. The van der Waals surface area contributed by atoms with Crippen molar-refractivity contribution in [2.45, 2.75) is 24.3 Å². The summed E-state index contributed by atoms with van der Waals surface area (Å²) in [4.78, 5) is 11.5. The van der Waals surface area contributed by atoms with Gasteiger partial charge in [0.15, 0.2) is 0 Å². The van der Waals surface area contributed by atoms with Gasteiger partial charge < -0.3 is 15.4 Å². The fourth-order valence-corrected chi connectivity index (χ4v) is 2.93. The van der Waals surface area contributed by atoms with Crippen molar-refractivity contribution in [3.8, 4) is 0 Å². The Morgan fingerprint density at radius 3 is 2.78 bits per heavy atom. The monoisotopic (exact) mass is 244 g/mol. The number of hydrogen-bond donors (Lipinski definition) is 2. The van der Waals surface area contributed by atoms with E-state index in [1.807, 2.05) is 42.1 Å². The molecule has 0 bridgehead atoms. The Labute approximate surface area is 105 Å². The van der Waals surface area contributed by atoms with E-state index in [1.54, 1.807) is 0 Å². The highest BCUT2D eigenvalue weighted by atomic mass is 16.4. The summed E-state index contributed by atoms with van der Waals surface area (Å²) in [6, 6.07) is 7.92. The first-order valence-electron chi connectivity index (χ1n) is 6.07. The molecule has 1 aliphatic carbocycles. The molecule has 1 aromatic carbocycles. The molecule has 3 rings (SSSR count). The van der Waals surface area contributed by atoms with E-state index in [-0.39, 0.29) is 6.04 Å². The molecule has 2 aromatic rings. The average Bonchev–Trinajstić information content (AvgIpc) is 2.66. The van der Waals surface area contributed by atoms with Crippen LogP contribution in [0.25, 0.3) is 10.9 Å². The minimum atomic E-state index is -0.780. The van der Waals surface area contributed by atoms with Gasteiger partial charge in [0.25, 0.3) is 0 Å². The van der Waals surface area contributed by atoms with Crippen LogP contribution in [0.5, 0.6) is 0 Å². The molecule has 0 atom stereocenters. The molecule has 94 valence electrons. The molecular formula is C14H16N2O2. The zero-order valence-electron chi connectivity index (χ0n) is 10.3. The van der Waals surface area contributed by atoms with Gasteiger partial charge in [0, 0.05) is 24.8 Å². The van der Waals surface area contributed by atoms with E-state index in [1.165, 1.54) is 0 Å². The third-order valence-electron chi connectivity index (χ3n) is 4.07. The molecule has 4 heteroatoms. The number of aryl methyl sites for hydroxylation is 1. The number of carbonyl (C=O) groups is 1. The molecule has 0 aliphatic heterocycles. The predicted molar refractivity (Wildman–Crippen MR) is 69.4 cm³/mol. The van der Waals surface area contributed by atoms with Crippen LogP contribution in [0.15, 0.2) is 30.5 Å². The van der Waals surface area contributed by atoms with Gasteiger partial charge in [-0.15, -0.1) is 0 Å². The standard InChI is InChI=1S/C14H16N2O2/c1-16-5-4-9-2-3-10(6-12(9)16)14(13(17)18)7-11(15)8-14/h2-6,11H,7-8,15H2,1H3,(H,17,18). The molecule has 1 aliphatic rings. The molecule has 1 fully saturated rings. The lowest BCUT2D eigenvalue weighted by Gasteiger charge is -2.43. The molecule has 1 heterocycles. The van der Waals surface area contributed by atoms with Crippen LogP contribution < -0.4 is 5.73 Å². The Hall–Kier alpha value is -1.81. The second-order valence-corrected chi connectivity index (χ2v) is 5.26. The molecule has 0 radical (unpaired) electrons. The molecular weight excluding hydrogens is 228 g/mol. The average molecular weight is 244 g/mol. The number of fused-ring (bicyclic) bond motifs is 1. The Kier molecular flexibility index (Phi) is 2.25. The van der Waals surface area contributed by atoms with Crippen molar-refractivity contribution in [2.75, 3.05) is 0 Å². The second kappa shape index (κ2) is 3.59. The molecule has 18 heavy (non-hydrogen) atoms. The maximum Gasteiger partial charge on any atom is 0.314 e. The van der Waals surface area contributed by atoms with Gasteiger partial charge in [-0.05, 0) is 35.9 Å². The van der Waals surface area contributed by atoms with Gasteiger partial charge in [-0.3, -0.25) is 4.79 Å². The van der Waals surface area contributed by atoms with Crippen molar-refractivity contribution >= 4 is 16.9 Å². The minimum absolute atomic E-state index is 0.00482. The highest BCUT2D eigenvalue weighted by molar-refractivity contribution is 5.87. The summed E-state index contributed by atoms with van der Waals surface area (Å²) in [6.07, 6.45) is 3.03. The van der Waals surface area contributed by atoms with Gasteiger partial charge in [-0.2, -0.15) is 0 Å². The third-order valence-corrected chi connectivity index (χ3v) is 4.07. The van der Waals surface area contributed by atoms with E-state index < -0.39 is 11.4 Å². The Morgan fingerprint density at radius 2 is 2.17 bits per heavy atom. The second-order valence-electron chi connectivity index (χ2n) is 5.26. The fraction of sp³-hybridized carbons (Fsp3) is 0.357. The molecule has 1 saturated carbocycles. The number of benzene rings is 1. The summed E-state index contributed by atoms with van der Waals surface area (Å²) in [6.45, 7) is 0. The number of nitrogens with zero attached hydrogens (tertiary/aromatic N) is 1. The predicted octanol–water partition coefficient (Wildman–Crippen LogP) is 1.62. The van der Waals surface area contributed by atoms with Gasteiger partial charge in [-0.1, -0.05) is 12.1 Å². The van der Waals surface area contributed by atoms with Crippen LogP contribution in [0.3, 0.4) is 0 Å². The Bertz CT molecular complexity index is 624. The summed E-state index contributed by atoms with van der Waals surface area (Å²) in [5, 5.41) is 10.6. The van der Waals surface area contributed by atoms with Gasteiger partial charge in [-0.25, -0.2) is 0 Å². The minimum Gasteiger partial charge on any atom is -0.481 e. The van der Waals surface area contributed by atoms with Crippen LogP contribution in [0.1, 0.15) is 18.4 Å². The van der Waals surface area contributed by atoms with E-state index >= 15 is 0 Å². The largest absolute Gasteiger partial charge is 0.481 e.